The molecule has 45 heavy (non-hydrogen) atoms. The van der Waals surface area contributed by atoms with Gasteiger partial charge in [0.15, 0.2) is 0 Å². The maximum atomic E-state index is 13.5. The lowest BCUT2D eigenvalue weighted by Crippen LogP contribution is -2.38. The molecule has 240 valence electrons. The van der Waals surface area contributed by atoms with E-state index in [1.807, 2.05) is 6.07 Å². The number of alkyl halides is 3. The third-order valence-electron chi connectivity index (χ3n) is 8.34. The number of piperidine rings is 1. The Morgan fingerprint density at radius 1 is 0.867 bits per heavy atom. The molecule has 0 saturated carbocycles. The van der Waals surface area contributed by atoms with Crippen LogP contribution in [0, 0.1) is 5.92 Å². The van der Waals surface area contributed by atoms with Crippen LogP contribution < -0.4 is 20.9 Å². The first-order chi connectivity index (χ1) is 21.8. The standard InChI is InChI=1S/C34H40F3N5O3/c35-34(36,37)29-9-4-5-10-30(29)40-33(44)39-27-11-12-31(42-17-13-26(14-18-42)23-25-7-2-1-3-8-25)28(24-27)32(43)38-15-6-16-41-19-21-45-22-20-41/h1-5,7-12,24,26H,6,13-23H2,(H,38,43)(H2,39,40,44). The SMILES string of the molecule is O=C(Nc1ccc(N2CCC(Cc3ccccc3)CC2)c(C(=O)NCCCN2CCOCC2)c1)Nc1ccccc1C(F)(F)F. The van der Waals surface area contributed by atoms with Crippen molar-refractivity contribution < 1.29 is 27.5 Å². The third-order valence-corrected chi connectivity index (χ3v) is 8.34. The fourth-order valence-electron chi connectivity index (χ4n) is 5.95. The van der Waals surface area contributed by atoms with E-state index in [4.69, 9.17) is 4.74 Å². The number of benzene rings is 3. The Morgan fingerprint density at radius 3 is 2.31 bits per heavy atom. The summed E-state index contributed by atoms with van der Waals surface area (Å²) in [4.78, 5) is 30.8. The van der Waals surface area contributed by atoms with Crippen LogP contribution in [0.1, 0.15) is 40.7 Å². The summed E-state index contributed by atoms with van der Waals surface area (Å²) in [7, 11) is 0. The Balaban J connectivity index is 1.26. The molecule has 0 aromatic heterocycles. The monoisotopic (exact) mass is 623 g/mol. The molecular formula is C34H40F3N5O3. The zero-order chi connectivity index (χ0) is 31.6. The second-order valence-corrected chi connectivity index (χ2v) is 11.5. The molecule has 0 unspecified atom stereocenters. The molecule has 2 heterocycles. The molecule has 3 aromatic carbocycles. The van der Waals surface area contributed by atoms with E-state index in [9.17, 15) is 22.8 Å². The number of urea groups is 1. The maximum absolute atomic E-state index is 13.5. The van der Waals surface area contributed by atoms with Crippen molar-refractivity contribution in [2.24, 2.45) is 5.92 Å². The van der Waals surface area contributed by atoms with E-state index in [0.29, 0.717) is 36.9 Å². The van der Waals surface area contributed by atoms with Crippen molar-refractivity contribution in [3.05, 3.63) is 89.5 Å². The van der Waals surface area contributed by atoms with Crippen LogP contribution in [0.4, 0.5) is 35.0 Å². The fraction of sp³-hybridized carbons (Fsp3) is 0.412. The van der Waals surface area contributed by atoms with Gasteiger partial charge in [-0.05, 0) is 74.0 Å². The lowest BCUT2D eigenvalue weighted by atomic mass is 9.89. The molecule has 0 bridgehead atoms. The van der Waals surface area contributed by atoms with Crippen LogP contribution in [0.15, 0.2) is 72.8 Å². The van der Waals surface area contributed by atoms with Gasteiger partial charge in [0.25, 0.3) is 5.91 Å². The van der Waals surface area contributed by atoms with E-state index in [2.05, 4.69) is 50.0 Å². The normalized spacial score (nSPS) is 16.3. The van der Waals surface area contributed by atoms with Crippen LogP contribution in [-0.2, 0) is 17.3 Å². The highest BCUT2D eigenvalue weighted by Crippen LogP contribution is 2.35. The predicted octanol–water partition coefficient (Wildman–Crippen LogP) is 6.26. The molecule has 11 heteroatoms. The lowest BCUT2D eigenvalue weighted by Gasteiger charge is -2.35. The Kier molecular flexibility index (Phi) is 11.0. The number of amides is 3. The highest BCUT2D eigenvalue weighted by atomic mass is 19.4. The first-order valence-electron chi connectivity index (χ1n) is 15.5. The number of nitrogens with one attached hydrogen (secondary N) is 3. The van der Waals surface area contributed by atoms with Gasteiger partial charge >= 0.3 is 12.2 Å². The molecule has 3 N–H and O–H groups in total. The summed E-state index contributed by atoms with van der Waals surface area (Å²) < 4.78 is 45.7. The number of morpholine rings is 1. The summed E-state index contributed by atoms with van der Waals surface area (Å²) in [6, 6.07) is 19.5. The highest BCUT2D eigenvalue weighted by Gasteiger charge is 2.33. The van der Waals surface area contributed by atoms with Crippen molar-refractivity contribution >= 4 is 29.0 Å². The maximum Gasteiger partial charge on any atom is 0.418 e. The van der Waals surface area contributed by atoms with Crippen molar-refractivity contribution in [1.82, 2.24) is 10.2 Å². The minimum atomic E-state index is -4.62. The second-order valence-electron chi connectivity index (χ2n) is 11.5. The minimum Gasteiger partial charge on any atom is -0.379 e. The van der Waals surface area contributed by atoms with Gasteiger partial charge in [-0.3, -0.25) is 9.69 Å². The number of hydrogen-bond acceptors (Lipinski definition) is 5. The van der Waals surface area contributed by atoms with E-state index in [1.54, 1.807) is 18.2 Å². The van der Waals surface area contributed by atoms with E-state index >= 15 is 0 Å². The van der Waals surface area contributed by atoms with Crippen LogP contribution in [-0.4, -0.2) is 69.3 Å². The molecule has 2 saturated heterocycles. The van der Waals surface area contributed by atoms with Gasteiger partial charge in [-0.2, -0.15) is 13.2 Å². The van der Waals surface area contributed by atoms with Gasteiger partial charge in [-0.25, -0.2) is 4.79 Å². The smallest absolute Gasteiger partial charge is 0.379 e. The van der Waals surface area contributed by atoms with Crippen molar-refractivity contribution in [2.75, 3.05) is 68.0 Å². The summed E-state index contributed by atoms with van der Waals surface area (Å²) in [5, 5.41) is 7.93. The van der Waals surface area contributed by atoms with Gasteiger partial charge in [0.1, 0.15) is 0 Å². The average Bonchev–Trinajstić information content (AvgIpc) is 3.04. The number of halogens is 3. The summed E-state index contributed by atoms with van der Waals surface area (Å²) >= 11 is 0. The number of carbonyl (C=O) groups is 2. The number of rotatable bonds is 10. The molecule has 0 spiro atoms. The quantitative estimate of drug-likeness (QED) is 0.232. The number of carbonyl (C=O) groups excluding carboxylic acids is 2. The van der Waals surface area contributed by atoms with Gasteiger partial charge < -0.3 is 25.6 Å². The number of anilines is 3. The van der Waals surface area contributed by atoms with Gasteiger partial charge in [0, 0.05) is 44.1 Å². The Hall–Kier alpha value is -4.09. The van der Waals surface area contributed by atoms with Crippen LogP contribution in [0.25, 0.3) is 0 Å². The van der Waals surface area contributed by atoms with Crippen molar-refractivity contribution in [2.45, 2.75) is 31.9 Å². The minimum absolute atomic E-state index is 0.259. The fourth-order valence-corrected chi connectivity index (χ4v) is 5.95. The molecule has 0 aliphatic carbocycles. The Bertz CT molecular complexity index is 1420. The van der Waals surface area contributed by atoms with E-state index in [-0.39, 0.29) is 11.6 Å². The van der Waals surface area contributed by atoms with Crippen molar-refractivity contribution in [1.29, 1.82) is 0 Å². The van der Waals surface area contributed by atoms with Crippen LogP contribution in [0.2, 0.25) is 0 Å². The zero-order valence-corrected chi connectivity index (χ0v) is 25.2. The largest absolute Gasteiger partial charge is 0.418 e. The van der Waals surface area contributed by atoms with Crippen LogP contribution in [0.3, 0.4) is 0 Å². The zero-order valence-electron chi connectivity index (χ0n) is 25.2. The highest BCUT2D eigenvalue weighted by molar-refractivity contribution is 6.04. The molecule has 5 rings (SSSR count). The molecular weight excluding hydrogens is 583 g/mol. The summed E-state index contributed by atoms with van der Waals surface area (Å²) in [5.41, 5.74) is 1.51. The Labute approximate surface area is 261 Å². The predicted molar refractivity (Wildman–Crippen MR) is 170 cm³/mol. The molecule has 0 radical (unpaired) electrons. The van der Waals surface area contributed by atoms with Gasteiger partial charge in [-0.1, -0.05) is 42.5 Å². The first kappa shape index (κ1) is 32.3. The molecule has 3 aromatic rings. The van der Waals surface area contributed by atoms with E-state index in [1.165, 1.54) is 23.8 Å². The lowest BCUT2D eigenvalue weighted by molar-refractivity contribution is -0.136. The Morgan fingerprint density at radius 2 is 1.58 bits per heavy atom. The summed E-state index contributed by atoms with van der Waals surface area (Å²) in [6.45, 7) is 6.10. The average molecular weight is 624 g/mol. The van der Waals surface area contributed by atoms with Crippen LogP contribution >= 0.6 is 0 Å². The second kappa shape index (κ2) is 15.3. The van der Waals surface area contributed by atoms with Crippen molar-refractivity contribution in [3.8, 4) is 0 Å². The topological polar surface area (TPSA) is 85.9 Å². The number of para-hydroxylation sites is 1. The molecule has 3 amide bonds. The number of hydrogen-bond donors (Lipinski definition) is 3. The molecule has 2 fully saturated rings. The molecule has 0 atom stereocenters. The third kappa shape index (κ3) is 9.21. The molecule has 8 nitrogen and oxygen atoms in total. The van der Waals surface area contributed by atoms with Gasteiger partial charge in [0.05, 0.1) is 30.0 Å². The van der Waals surface area contributed by atoms with Crippen molar-refractivity contribution in [3.63, 3.8) is 0 Å². The summed E-state index contributed by atoms with van der Waals surface area (Å²) in [5.74, 6) is 0.287. The number of ether oxygens (including phenoxy) is 1. The first-order valence-corrected chi connectivity index (χ1v) is 15.5. The molecule has 2 aliphatic heterocycles. The van der Waals surface area contributed by atoms with Gasteiger partial charge in [-0.15, -0.1) is 0 Å². The van der Waals surface area contributed by atoms with E-state index in [0.717, 1.165) is 70.2 Å². The van der Waals surface area contributed by atoms with Gasteiger partial charge in [0.2, 0.25) is 0 Å². The van der Waals surface area contributed by atoms with Crippen LogP contribution in [0.5, 0.6) is 0 Å². The number of nitrogens with zero attached hydrogens (tertiary/aromatic N) is 2. The van der Waals surface area contributed by atoms with E-state index < -0.39 is 17.8 Å². The summed E-state index contributed by atoms with van der Waals surface area (Å²) in [6.07, 6.45) is -0.855. The molecule has 2 aliphatic rings.